The molecule has 0 saturated carbocycles. The molecule has 0 amide bonds. The Bertz CT molecular complexity index is 256. The maximum atomic E-state index is 9.10. The number of hydrogen-bond donors (Lipinski definition) is 2. The van der Waals surface area contributed by atoms with Crippen molar-refractivity contribution in [3.63, 3.8) is 0 Å². The van der Waals surface area contributed by atoms with Gasteiger partial charge in [0.1, 0.15) is 13.1 Å². The fraction of sp³-hybridized carbons (Fsp3) is 1.00. The first-order valence-electron chi connectivity index (χ1n) is 10.8. The monoisotopic (exact) mass is 360 g/mol. The molecule has 0 aromatic carbocycles. The van der Waals surface area contributed by atoms with Crippen molar-refractivity contribution in [2.75, 3.05) is 46.7 Å². The molecular weight excluding hydrogens is 314 g/mol. The second-order valence-electron chi connectivity index (χ2n) is 7.79. The van der Waals surface area contributed by atoms with Crippen LogP contribution in [0.2, 0.25) is 0 Å². The van der Waals surface area contributed by atoms with E-state index in [1.165, 1.54) is 77.0 Å². The van der Waals surface area contributed by atoms with Crippen LogP contribution in [-0.2, 0) is 4.74 Å². The fourth-order valence-corrected chi connectivity index (χ4v) is 3.23. The van der Waals surface area contributed by atoms with Gasteiger partial charge in [0.05, 0.1) is 26.9 Å². The van der Waals surface area contributed by atoms with E-state index < -0.39 is 0 Å². The second-order valence-corrected chi connectivity index (χ2v) is 7.79. The molecule has 4 nitrogen and oxygen atoms in total. The Hall–Kier alpha value is -0.160. The second kappa shape index (κ2) is 18.6. The van der Waals surface area contributed by atoms with Crippen LogP contribution >= 0.6 is 0 Å². The first-order chi connectivity index (χ1) is 12.2. The molecule has 0 aliphatic carbocycles. The molecule has 0 saturated heterocycles. The van der Waals surface area contributed by atoms with Gasteiger partial charge in [-0.25, -0.2) is 0 Å². The van der Waals surface area contributed by atoms with Crippen LogP contribution in [0.4, 0.5) is 0 Å². The lowest BCUT2D eigenvalue weighted by Crippen LogP contribution is -2.49. The molecule has 0 atom stereocenters. The van der Waals surface area contributed by atoms with E-state index in [-0.39, 0.29) is 13.2 Å². The lowest BCUT2D eigenvalue weighted by molar-refractivity contribution is -0.928. The minimum Gasteiger partial charge on any atom is -0.391 e. The molecule has 0 radical (unpaired) electrons. The van der Waals surface area contributed by atoms with Crippen LogP contribution in [0.5, 0.6) is 0 Å². The van der Waals surface area contributed by atoms with Crippen LogP contribution in [0.3, 0.4) is 0 Å². The van der Waals surface area contributed by atoms with E-state index in [2.05, 4.69) is 6.92 Å². The number of likely N-dealkylation sites (N-methyl/N-ethyl adjacent to an activating group) is 1. The summed E-state index contributed by atoms with van der Waals surface area (Å²) in [6, 6.07) is 0. The van der Waals surface area contributed by atoms with Crippen LogP contribution in [0.25, 0.3) is 0 Å². The minimum atomic E-state index is 0.137. The van der Waals surface area contributed by atoms with Gasteiger partial charge in [-0.3, -0.25) is 4.48 Å². The van der Waals surface area contributed by atoms with Crippen molar-refractivity contribution in [3.05, 3.63) is 0 Å². The van der Waals surface area contributed by atoms with Crippen molar-refractivity contribution >= 4 is 0 Å². The summed E-state index contributed by atoms with van der Waals surface area (Å²) in [5.74, 6) is 0. The van der Waals surface area contributed by atoms with Gasteiger partial charge >= 0.3 is 0 Å². The molecule has 0 rings (SSSR count). The lowest BCUT2D eigenvalue weighted by atomic mass is 10.0. The molecule has 4 heteroatoms. The van der Waals surface area contributed by atoms with E-state index >= 15 is 0 Å². The van der Waals surface area contributed by atoms with Crippen LogP contribution < -0.4 is 0 Å². The van der Waals surface area contributed by atoms with Crippen molar-refractivity contribution in [3.8, 4) is 0 Å². The summed E-state index contributed by atoms with van der Waals surface area (Å²) in [5, 5.41) is 18.2. The Morgan fingerprint density at radius 1 is 0.640 bits per heavy atom. The number of aliphatic hydroxyl groups excluding tert-OH is 2. The third-order valence-electron chi connectivity index (χ3n) is 5.07. The predicted octanol–water partition coefficient (Wildman–Crippen LogP) is 4.48. The van der Waals surface area contributed by atoms with E-state index in [4.69, 9.17) is 14.9 Å². The first kappa shape index (κ1) is 24.8. The number of aliphatic hydroxyl groups is 2. The quantitative estimate of drug-likeness (QED) is 0.191. The minimum absolute atomic E-state index is 0.137. The molecule has 0 bridgehead atoms. The largest absolute Gasteiger partial charge is 0.391 e. The Morgan fingerprint density at radius 2 is 1.04 bits per heavy atom. The standard InChI is InChI=1S/C21H46NO3/c1-3-4-5-6-7-8-9-10-11-12-13-14-15-20-25-21-22(2,16-18-23)17-19-24/h23-24H,3-21H2,1-2H3/q+1. The van der Waals surface area contributed by atoms with Gasteiger partial charge in [-0.05, 0) is 6.42 Å². The zero-order valence-corrected chi connectivity index (χ0v) is 17.2. The molecule has 0 aromatic heterocycles. The van der Waals surface area contributed by atoms with Crippen LogP contribution in [0.15, 0.2) is 0 Å². The average Bonchev–Trinajstić information content (AvgIpc) is 2.59. The highest BCUT2D eigenvalue weighted by molar-refractivity contribution is 4.48. The fourth-order valence-electron chi connectivity index (χ4n) is 3.23. The molecule has 152 valence electrons. The number of hydrogen-bond acceptors (Lipinski definition) is 3. The Morgan fingerprint density at radius 3 is 1.44 bits per heavy atom. The van der Waals surface area contributed by atoms with Crippen molar-refractivity contribution in [2.45, 2.75) is 90.4 Å². The van der Waals surface area contributed by atoms with Gasteiger partial charge in [-0.2, -0.15) is 0 Å². The van der Waals surface area contributed by atoms with Gasteiger partial charge in [0.15, 0.2) is 6.73 Å². The van der Waals surface area contributed by atoms with E-state index in [0.29, 0.717) is 24.3 Å². The van der Waals surface area contributed by atoms with Gasteiger partial charge < -0.3 is 14.9 Å². The van der Waals surface area contributed by atoms with Crippen molar-refractivity contribution in [2.24, 2.45) is 0 Å². The highest BCUT2D eigenvalue weighted by Gasteiger charge is 2.20. The third-order valence-corrected chi connectivity index (χ3v) is 5.07. The summed E-state index contributed by atoms with van der Waals surface area (Å²) in [7, 11) is 2.02. The topological polar surface area (TPSA) is 49.7 Å². The highest BCUT2D eigenvalue weighted by Crippen LogP contribution is 2.12. The van der Waals surface area contributed by atoms with Gasteiger partial charge in [-0.1, -0.05) is 84.0 Å². The smallest absolute Gasteiger partial charge is 0.183 e. The van der Waals surface area contributed by atoms with Crippen LogP contribution in [0.1, 0.15) is 90.4 Å². The summed E-state index contributed by atoms with van der Waals surface area (Å²) >= 11 is 0. The molecule has 0 spiro atoms. The van der Waals surface area contributed by atoms with Crippen molar-refractivity contribution in [1.29, 1.82) is 0 Å². The highest BCUT2D eigenvalue weighted by atomic mass is 16.5. The maximum absolute atomic E-state index is 9.10. The molecule has 0 fully saturated rings. The van der Waals surface area contributed by atoms with Gasteiger partial charge in [0.25, 0.3) is 0 Å². The van der Waals surface area contributed by atoms with Crippen LogP contribution in [0, 0.1) is 0 Å². The molecule has 0 aromatic rings. The molecular formula is C21H46NO3+. The van der Waals surface area contributed by atoms with E-state index in [1.807, 2.05) is 7.05 Å². The number of unbranched alkanes of at least 4 members (excludes halogenated alkanes) is 12. The number of rotatable bonds is 20. The molecule has 0 aliphatic heterocycles. The van der Waals surface area contributed by atoms with Gasteiger partial charge in [0, 0.05) is 0 Å². The van der Waals surface area contributed by atoms with E-state index in [1.54, 1.807) is 0 Å². The Labute approximate surface area is 157 Å². The molecule has 25 heavy (non-hydrogen) atoms. The van der Waals surface area contributed by atoms with Crippen molar-refractivity contribution < 1.29 is 19.4 Å². The summed E-state index contributed by atoms with van der Waals surface area (Å²) < 4.78 is 6.34. The average molecular weight is 361 g/mol. The molecule has 0 unspecified atom stereocenters. The van der Waals surface area contributed by atoms with E-state index in [0.717, 1.165) is 13.0 Å². The molecule has 0 heterocycles. The first-order valence-corrected chi connectivity index (χ1v) is 10.8. The van der Waals surface area contributed by atoms with Crippen molar-refractivity contribution in [1.82, 2.24) is 0 Å². The zero-order chi connectivity index (χ0) is 18.6. The summed E-state index contributed by atoms with van der Waals surface area (Å²) in [6.07, 6.45) is 17.7. The lowest BCUT2D eigenvalue weighted by Gasteiger charge is -2.32. The van der Waals surface area contributed by atoms with Gasteiger partial charge in [0.2, 0.25) is 0 Å². The molecule has 0 aliphatic rings. The number of ether oxygens (including phenoxy) is 1. The third kappa shape index (κ3) is 17.0. The Kier molecular flexibility index (Phi) is 18.5. The number of nitrogens with zero attached hydrogens (tertiary/aromatic N) is 1. The Balaban J connectivity index is 3.28. The summed E-state index contributed by atoms with van der Waals surface area (Å²) in [6.45, 7) is 5.20. The number of quaternary nitrogens is 1. The van der Waals surface area contributed by atoms with Gasteiger partial charge in [-0.15, -0.1) is 0 Å². The maximum Gasteiger partial charge on any atom is 0.183 e. The van der Waals surface area contributed by atoms with E-state index in [9.17, 15) is 0 Å². The van der Waals surface area contributed by atoms with Crippen LogP contribution in [-0.4, -0.2) is 61.4 Å². The summed E-state index contributed by atoms with van der Waals surface area (Å²) in [4.78, 5) is 0. The zero-order valence-electron chi connectivity index (χ0n) is 17.2. The SMILES string of the molecule is CCCCCCCCCCCCCCCOC[N+](C)(CCO)CCO. The summed E-state index contributed by atoms with van der Waals surface area (Å²) in [5.41, 5.74) is 0. The molecule has 2 N–H and O–H groups in total. The predicted molar refractivity (Wildman–Crippen MR) is 107 cm³/mol. The normalized spacial score (nSPS) is 12.0.